The minimum Gasteiger partial charge on any atom is -0.490 e. The minimum absolute atomic E-state index is 0.0481. The lowest BCUT2D eigenvalue weighted by Gasteiger charge is -2.35. The van der Waals surface area contributed by atoms with E-state index in [0.29, 0.717) is 6.61 Å². The quantitative estimate of drug-likeness (QED) is 0.449. The van der Waals surface area contributed by atoms with Crippen molar-refractivity contribution in [3.63, 3.8) is 0 Å². The van der Waals surface area contributed by atoms with Crippen LogP contribution in [-0.2, 0) is 0 Å². The highest BCUT2D eigenvalue weighted by atomic mass is 79.9. The number of non-ortho nitro benzene ring substituents is 1. The van der Waals surface area contributed by atoms with Gasteiger partial charge in [0.15, 0.2) is 11.6 Å². The summed E-state index contributed by atoms with van der Waals surface area (Å²) in [6.45, 7) is 0.437. The van der Waals surface area contributed by atoms with Crippen LogP contribution in [0.25, 0.3) is 0 Å². The molecule has 0 aliphatic heterocycles. The van der Waals surface area contributed by atoms with E-state index < -0.39 is 10.7 Å². The topological polar surface area (TPSA) is 52.4 Å². The van der Waals surface area contributed by atoms with Crippen molar-refractivity contribution in [1.29, 1.82) is 0 Å². The summed E-state index contributed by atoms with van der Waals surface area (Å²) < 4.78 is 19.3. The molecule has 0 unspecified atom stereocenters. The van der Waals surface area contributed by atoms with Crippen LogP contribution in [0.3, 0.4) is 0 Å². The van der Waals surface area contributed by atoms with Gasteiger partial charge in [-0.15, -0.1) is 0 Å². The van der Waals surface area contributed by atoms with Crippen LogP contribution in [0.15, 0.2) is 18.2 Å². The molecule has 1 aliphatic carbocycles. The fourth-order valence-electron chi connectivity index (χ4n) is 2.57. The zero-order chi connectivity index (χ0) is 14.6. The lowest BCUT2D eigenvalue weighted by atomic mass is 9.76. The number of nitro groups is 1. The molecule has 0 saturated heterocycles. The molecule has 1 saturated carbocycles. The van der Waals surface area contributed by atoms with E-state index in [9.17, 15) is 14.5 Å². The Morgan fingerprint density at radius 1 is 1.35 bits per heavy atom. The number of nitrogens with zero attached hydrogens (tertiary/aromatic N) is 1. The molecule has 0 spiro atoms. The monoisotopic (exact) mass is 345 g/mol. The molecule has 0 bridgehead atoms. The first-order valence-corrected chi connectivity index (χ1v) is 7.81. The molecule has 0 N–H and O–H groups in total. The summed E-state index contributed by atoms with van der Waals surface area (Å²) in [6.07, 6.45) is 5.69. The molecule has 1 aliphatic rings. The number of halogens is 2. The molecular weight excluding hydrogens is 329 g/mol. The zero-order valence-corrected chi connectivity index (χ0v) is 12.7. The van der Waals surface area contributed by atoms with Gasteiger partial charge in [-0.25, -0.2) is 4.39 Å². The molecule has 0 radical (unpaired) electrons. The van der Waals surface area contributed by atoms with Crippen molar-refractivity contribution in [3.05, 3.63) is 34.1 Å². The average Bonchev–Trinajstić information content (AvgIpc) is 2.47. The average molecular weight is 346 g/mol. The van der Waals surface area contributed by atoms with Crippen molar-refractivity contribution in [2.45, 2.75) is 32.1 Å². The van der Waals surface area contributed by atoms with Gasteiger partial charge >= 0.3 is 0 Å². The maximum Gasteiger partial charge on any atom is 0.272 e. The van der Waals surface area contributed by atoms with E-state index in [-0.39, 0.29) is 16.9 Å². The normalized spacial score (nSPS) is 17.7. The lowest BCUT2D eigenvalue weighted by molar-refractivity contribution is -0.385. The third-order valence-corrected chi connectivity index (χ3v) is 5.05. The third kappa shape index (κ3) is 3.48. The van der Waals surface area contributed by atoms with Gasteiger partial charge in [-0.1, -0.05) is 35.2 Å². The van der Waals surface area contributed by atoms with E-state index in [1.54, 1.807) is 0 Å². The smallest absolute Gasteiger partial charge is 0.272 e. The maximum absolute atomic E-state index is 13.8. The standard InChI is InChI=1S/C14H17BrFNO3/c15-9-14(6-2-1-3-7-14)10-20-13-5-4-11(17(18)19)8-12(13)16/h4-5,8H,1-3,6-7,9-10H2. The lowest BCUT2D eigenvalue weighted by Crippen LogP contribution is -2.32. The van der Waals surface area contributed by atoms with Gasteiger partial charge in [-0.3, -0.25) is 10.1 Å². The Morgan fingerprint density at radius 3 is 2.60 bits per heavy atom. The number of benzene rings is 1. The Balaban J connectivity index is 2.04. The van der Waals surface area contributed by atoms with Crippen LogP contribution in [0.1, 0.15) is 32.1 Å². The number of alkyl halides is 1. The summed E-state index contributed by atoms with van der Waals surface area (Å²) in [7, 11) is 0. The second-order valence-corrected chi connectivity index (χ2v) is 5.92. The van der Waals surface area contributed by atoms with Gasteiger partial charge in [0.2, 0.25) is 0 Å². The SMILES string of the molecule is O=[N+]([O-])c1ccc(OCC2(CBr)CCCCC2)c(F)c1. The summed E-state index contributed by atoms with van der Waals surface area (Å²) in [6, 6.07) is 3.50. The molecule has 20 heavy (non-hydrogen) atoms. The van der Waals surface area contributed by atoms with Crippen molar-refractivity contribution in [2.24, 2.45) is 5.41 Å². The van der Waals surface area contributed by atoms with Crippen molar-refractivity contribution < 1.29 is 14.1 Å². The fourth-order valence-corrected chi connectivity index (χ4v) is 3.29. The molecular formula is C14H17BrFNO3. The van der Waals surface area contributed by atoms with Crippen LogP contribution in [-0.4, -0.2) is 16.9 Å². The predicted octanol–water partition coefficient (Wildman–Crippen LogP) is 4.46. The van der Waals surface area contributed by atoms with Crippen LogP contribution in [0.5, 0.6) is 5.75 Å². The summed E-state index contributed by atoms with van der Waals surface area (Å²) in [5.74, 6) is -0.596. The second kappa shape index (κ2) is 6.52. The van der Waals surface area contributed by atoms with E-state index in [0.717, 1.165) is 37.1 Å². The third-order valence-electron chi connectivity index (χ3n) is 3.86. The minimum atomic E-state index is -0.681. The first-order valence-electron chi connectivity index (χ1n) is 6.69. The predicted molar refractivity (Wildman–Crippen MR) is 77.9 cm³/mol. The van der Waals surface area contributed by atoms with Crippen molar-refractivity contribution in [2.75, 3.05) is 11.9 Å². The second-order valence-electron chi connectivity index (χ2n) is 5.35. The number of hydrogen-bond donors (Lipinski definition) is 0. The van der Waals surface area contributed by atoms with E-state index in [1.165, 1.54) is 18.6 Å². The van der Waals surface area contributed by atoms with Crippen LogP contribution < -0.4 is 4.74 Å². The van der Waals surface area contributed by atoms with Gasteiger partial charge in [0.25, 0.3) is 5.69 Å². The van der Waals surface area contributed by atoms with E-state index in [1.807, 2.05) is 0 Å². The highest BCUT2D eigenvalue weighted by molar-refractivity contribution is 9.09. The molecule has 0 atom stereocenters. The van der Waals surface area contributed by atoms with E-state index >= 15 is 0 Å². The number of nitro benzene ring substituents is 1. The van der Waals surface area contributed by atoms with E-state index in [4.69, 9.17) is 4.74 Å². The molecule has 1 fully saturated rings. The Labute approximate surface area is 125 Å². The Kier molecular flexibility index (Phi) is 4.96. The van der Waals surface area contributed by atoms with Crippen molar-refractivity contribution in [1.82, 2.24) is 0 Å². The molecule has 2 rings (SSSR count). The Morgan fingerprint density at radius 2 is 2.05 bits per heavy atom. The molecule has 1 aromatic carbocycles. The van der Waals surface area contributed by atoms with Crippen LogP contribution in [0, 0.1) is 21.3 Å². The summed E-state index contributed by atoms with van der Waals surface area (Å²) >= 11 is 3.53. The van der Waals surface area contributed by atoms with Gasteiger partial charge in [-0.05, 0) is 18.9 Å². The highest BCUT2D eigenvalue weighted by Crippen LogP contribution is 2.38. The van der Waals surface area contributed by atoms with Gasteiger partial charge < -0.3 is 4.74 Å². The molecule has 0 amide bonds. The van der Waals surface area contributed by atoms with Gasteiger partial charge in [0.1, 0.15) is 0 Å². The van der Waals surface area contributed by atoms with Crippen molar-refractivity contribution >= 4 is 21.6 Å². The molecule has 0 aromatic heterocycles. The zero-order valence-electron chi connectivity index (χ0n) is 11.1. The van der Waals surface area contributed by atoms with Crippen molar-refractivity contribution in [3.8, 4) is 5.75 Å². The fraction of sp³-hybridized carbons (Fsp3) is 0.571. The summed E-state index contributed by atoms with van der Waals surface area (Å²) in [4.78, 5) is 9.94. The van der Waals surface area contributed by atoms with Crippen LogP contribution in [0.4, 0.5) is 10.1 Å². The molecule has 110 valence electrons. The summed E-state index contributed by atoms with van der Waals surface area (Å²) in [5.41, 5.74) is -0.213. The molecule has 6 heteroatoms. The summed E-state index contributed by atoms with van der Waals surface area (Å²) in [5, 5.41) is 11.4. The van der Waals surface area contributed by atoms with Crippen LogP contribution >= 0.6 is 15.9 Å². The maximum atomic E-state index is 13.8. The molecule has 4 nitrogen and oxygen atoms in total. The number of rotatable bonds is 5. The Hall–Kier alpha value is -1.17. The van der Waals surface area contributed by atoms with Gasteiger partial charge in [0, 0.05) is 16.8 Å². The first kappa shape index (κ1) is 15.2. The largest absolute Gasteiger partial charge is 0.490 e. The van der Waals surface area contributed by atoms with E-state index in [2.05, 4.69) is 15.9 Å². The van der Waals surface area contributed by atoms with Crippen LogP contribution in [0.2, 0.25) is 0 Å². The Bertz CT molecular complexity index is 489. The van der Waals surface area contributed by atoms with Gasteiger partial charge in [0.05, 0.1) is 17.6 Å². The van der Waals surface area contributed by atoms with Gasteiger partial charge in [-0.2, -0.15) is 0 Å². The number of ether oxygens (including phenoxy) is 1. The highest BCUT2D eigenvalue weighted by Gasteiger charge is 2.32. The molecule has 1 aromatic rings. The first-order chi connectivity index (χ1) is 9.56. The number of hydrogen-bond acceptors (Lipinski definition) is 3. The molecule has 0 heterocycles.